The fourth-order valence-electron chi connectivity index (χ4n) is 1.21. The lowest BCUT2D eigenvalue weighted by atomic mass is 10.0. The summed E-state index contributed by atoms with van der Waals surface area (Å²) in [7, 11) is 1.59. The molecule has 1 heterocycles. The normalized spacial score (nSPS) is 11.9. The van der Waals surface area contributed by atoms with Crippen LogP contribution in [0, 0.1) is 5.92 Å². The maximum absolute atomic E-state index is 9.15. The van der Waals surface area contributed by atoms with Crippen molar-refractivity contribution >= 4 is 6.08 Å². The number of rotatable bonds is 4. The van der Waals surface area contributed by atoms with Crippen LogP contribution in [0.5, 0.6) is 5.88 Å². The van der Waals surface area contributed by atoms with E-state index in [1.165, 1.54) is 0 Å². The Balaban J connectivity index is 2.87. The molecule has 0 atom stereocenters. The van der Waals surface area contributed by atoms with E-state index in [0.29, 0.717) is 11.8 Å². The highest BCUT2D eigenvalue weighted by Gasteiger charge is 2.01. The van der Waals surface area contributed by atoms with Crippen LogP contribution in [0.4, 0.5) is 0 Å². The molecular formula is C12H17NO2. The molecule has 15 heavy (non-hydrogen) atoms. The molecule has 0 amide bonds. The van der Waals surface area contributed by atoms with E-state index < -0.39 is 0 Å². The van der Waals surface area contributed by atoms with Crippen LogP contribution >= 0.6 is 0 Å². The molecule has 3 heteroatoms. The molecule has 0 aromatic carbocycles. The standard InChI is InChI=1S/C12H17NO2/c1-9(2)11(8-14)6-10-4-5-12(15-3)13-7-10/h4-7,9,14H,8H2,1-3H3/b11-6-. The van der Waals surface area contributed by atoms with E-state index in [4.69, 9.17) is 9.84 Å². The fraction of sp³-hybridized carbons (Fsp3) is 0.417. The Morgan fingerprint density at radius 2 is 2.27 bits per heavy atom. The quantitative estimate of drug-likeness (QED) is 0.822. The number of aromatic nitrogens is 1. The maximum atomic E-state index is 9.15. The molecule has 0 spiro atoms. The van der Waals surface area contributed by atoms with E-state index >= 15 is 0 Å². The van der Waals surface area contributed by atoms with Gasteiger partial charge in [-0.1, -0.05) is 19.9 Å². The average Bonchev–Trinajstić information content (AvgIpc) is 2.26. The maximum Gasteiger partial charge on any atom is 0.212 e. The minimum atomic E-state index is 0.0870. The van der Waals surface area contributed by atoms with Gasteiger partial charge in [-0.3, -0.25) is 0 Å². The lowest BCUT2D eigenvalue weighted by Crippen LogP contribution is -1.99. The lowest BCUT2D eigenvalue weighted by molar-refractivity contribution is 0.320. The molecule has 0 aliphatic rings. The molecule has 1 aromatic heterocycles. The Hall–Kier alpha value is -1.35. The SMILES string of the molecule is COc1ccc(/C=C(/CO)C(C)C)cn1. The van der Waals surface area contributed by atoms with E-state index in [1.807, 2.05) is 12.1 Å². The second-order valence-electron chi connectivity index (χ2n) is 3.67. The second-order valence-corrected chi connectivity index (χ2v) is 3.67. The van der Waals surface area contributed by atoms with Crippen molar-refractivity contribution in [2.75, 3.05) is 13.7 Å². The van der Waals surface area contributed by atoms with Crippen molar-refractivity contribution < 1.29 is 9.84 Å². The van der Waals surface area contributed by atoms with E-state index in [2.05, 4.69) is 18.8 Å². The van der Waals surface area contributed by atoms with Crippen LogP contribution in [0.2, 0.25) is 0 Å². The first kappa shape index (κ1) is 11.7. The number of pyridine rings is 1. The minimum absolute atomic E-state index is 0.0870. The molecule has 0 bridgehead atoms. The summed E-state index contributed by atoms with van der Waals surface area (Å²) in [6.07, 6.45) is 3.69. The molecule has 1 rings (SSSR count). The summed E-state index contributed by atoms with van der Waals surface area (Å²) in [4.78, 5) is 4.10. The van der Waals surface area contributed by atoms with Gasteiger partial charge in [-0.05, 0) is 23.1 Å². The van der Waals surface area contributed by atoms with E-state index in [0.717, 1.165) is 11.1 Å². The summed E-state index contributed by atoms with van der Waals surface area (Å²) in [5, 5.41) is 9.15. The highest BCUT2D eigenvalue weighted by Crippen LogP contribution is 2.15. The molecule has 1 aromatic rings. The van der Waals surface area contributed by atoms with E-state index in [1.54, 1.807) is 19.4 Å². The summed E-state index contributed by atoms with van der Waals surface area (Å²) in [6.45, 7) is 4.20. The molecule has 82 valence electrons. The van der Waals surface area contributed by atoms with Gasteiger partial charge in [0, 0.05) is 12.3 Å². The number of aliphatic hydroxyl groups is 1. The number of hydrogen-bond donors (Lipinski definition) is 1. The van der Waals surface area contributed by atoms with E-state index in [9.17, 15) is 0 Å². The van der Waals surface area contributed by atoms with Crippen LogP contribution in [0.25, 0.3) is 6.08 Å². The van der Waals surface area contributed by atoms with Crippen LogP contribution in [0.1, 0.15) is 19.4 Å². The van der Waals surface area contributed by atoms with Gasteiger partial charge in [-0.15, -0.1) is 0 Å². The zero-order chi connectivity index (χ0) is 11.3. The predicted molar refractivity (Wildman–Crippen MR) is 60.7 cm³/mol. The summed E-state index contributed by atoms with van der Waals surface area (Å²) in [5.74, 6) is 0.944. The summed E-state index contributed by atoms with van der Waals surface area (Å²) in [6, 6.07) is 3.73. The zero-order valence-corrected chi connectivity index (χ0v) is 9.40. The first-order chi connectivity index (χ1) is 7.17. The molecule has 0 fully saturated rings. The van der Waals surface area contributed by atoms with Crippen molar-refractivity contribution in [3.63, 3.8) is 0 Å². The Morgan fingerprint density at radius 3 is 2.67 bits per heavy atom. The van der Waals surface area contributed by atoms with Crippen molar-refractivity contribution in [3.8, 4) is 5.88 Å². The average molecular weight is 207 g/mol. The molecule has 3 nitrogen and oxygen atoms in total. The summed E-state index contributed by atoms with van der Waals surface area (Å²) >= 11 is 0. The van der Waals surface area contributed by atoms with Crippen molar-refractivity contribution in [2.24, 2.45) is 5.92 Å². The highest BCUT2D eigenvalue weighted by molar-refractivity contribution is 5.52. The third kappa shape index (κ3) is 3.36. The first-order valence-electron chi connectivity index (χ1n) is 4.98. The van der Waals surface area contributed by atoms with Crippen LogP contribution in [-0.4, -0.2) is 23.8 Å². The third-order valence-electron chi connectivity index (χ3n) is 2.24. The van der Waals surface area contributed by atoms with Gasteiger partial charge in [-0.2, -0.15) is 0 Å². The molecule has 0 radical (unpaired) electrons. The number of ether oxygens (including phenoxy) is 1. The molecule has 0 aliphatic heterocycles. The van der Waals surface area contributed by atoms with Crippen LogP contribution in [-0.2, 0) is 0 Å². The number of methoxy groups -OCH3 is 1. The second kappa shape index (κ2) is 5.51. The Labute approximate surface area is 90.4 Å². The third-order valence-corrected chi connectivity index (χ3v) is 2.24. The van der Waals surface area contributed by atoms with Gasteiger partial charge in [0.05, 0.1) is 13.7 Å². The van der Waals surface area contributed by atoms with Crippen LogP contribution in [0.15, 0.2) is 23.9 Å². The molecule has 0 saturated heterocycles. The van der Waals surface area contributed by atoms with Crippen molar-refractivity contribution in [3.05, 3.63) is 29.5 Å². The highest BCUT2D eigenvalue weighted by atomic mass is 16.5. The fourth-order valence-corrected chi connectivity index (χ4v) is 1.21. The van der Waals surface area contributed by atoms with Gasteiger partial charge in [0.15, 0.2) is 0 Å². The molecule has 0 saturated carbocycles. The number of nitrogens with zero attached hydrogens (tertiary/aromatic N) is 1. The Bertz CT molecular complexity index is 328. The Kier molecular flexibility index (Phi) is 4.31. The zero-order valence-electron chi connectivity index (χ0n) is 9.40. The topological polar surface area (TPSA) is 42.4 Å². The summed E-state index contributed by atoms with van der Waals surface area (Å²) < 4.78 is 4.97. The summed E-state index contributed by atoms with van der Waals surface area (Å²) in [5.41, 5.74) is 1.98. The van der Waals surface area contributed by atoms with Crippen LogP contribution in [0.3, 0.4) is 0 Å². The van der Waals surface area contributed by atoms with E-state index in [-0.39, 0.29) is 6.61 Å². The molecular weight excluding hydrogens is 190 g/mol. The molecule has 0 unspecified atom stereocenters. The largest absolute Gasteiger partial charge is 0.481 e. The number of hydrogen-bond acceptors (Lipinski definition) is 3. The van der Waals surface area contributed by atoms with Crippen molar-refractivity contribution in [1.82, 2.24) is 4.98 Å². The van der Waals surface area contributed by atoms with Gasteiger partial charge in [0.25, 0.3) is 0 Å². The minimum Gasteiger partial charge on any atom is -0.481 e. The van der Waals surface area contributed by atoms with Gasteiger partial charge in [0.1, 0.15) is 0 Å². The first-order valence-corrected chi connectivity index (χ1v) is 4.98. The monoisotopic (exact) mass is 207 g/mol. The lowest BCUT2D eigenvalue weighted by Gasteiger charge is -2.07. The smallest absolute Gasteiger partial charge is 0.212 e. The van der Waals surface area contributed by atoms with Crippen molar-refractivity contribution in [1.29, 1.82) is 0 Å². The predicted octanol–water partition coefficient (Wildman–Crippen LogP) is 2.12. The van der Waals surface area contributed by atoms with Crippen LogP contribution < -0.4 is 4.74 Å². The molecule has 0 aliphatic carbocycles. The van der Waals surface area contributed by atoms with Gasteiger partial charge >= 0.3 is 0 Å². The van der Waals surface area contributed by atoms with Gasteiger partial charge in [0.2, 0.25) is 5.88 Å². The van der Waals surface area contributed by atoms with Gasteiger partial charge in [-0.25, -0.2) is 4.98 Å². The Morgan fingerprint density at radius 1 is 1.53 bits per heavy atom. The number of aliphatic hydroxyl groups excluding tert-OH is 1. The molecule has 1 N–H and O–H groups in total. The van der Waals surface area contributed by atoms with Crippen molar-refractivity contribution in [2.45, 2.75) is 13.8 Å². The van der Waals surface area contributed by atoms with Gasteiger partial charge < -0.3 is 9.84 Å².